The van der Waals surface area contributed by atoms with Crippen LogP contribution in [0, 0.1) is 0 Å². The van der Waals surface area contributed by atoms with Gasteiger partial charge in [-0.15, -0.1) is 0 Å². The van der Waals surface area contributed by atoms with Crippen LogP contribution in [0.2, 0.25) is 0 Å². The van der Waals surface area contributed by atoms with Crippen molar-refractivity contribution < 1.29 is 24.5 Å². The normalized spacial score (nSPS) is 12.4. The topological polar surface area (TPSA) is 95.9 Å². The molecule has 0 saturated heterocycles. The number of carbonyl (C=O) groups excluding carboxylic acids is 2. The number of hydrogen-bond donors (Lipinski definition) is 3. The van der Waals surface area contributed by atoms with Crippen LogP contribution in [0.5, 0.6) is 0 Å². The van der Waals surface area contributed by atoms with Gasteiger partial charge in [0, 0.05) is 12.8 Å². The fourth-order valence-electron chi connectivity index (χ4n) is 13.3. The number of esters is 1. The van der Waals surface area contributed by atoms with Crippen LogP contribution < -0.4 is 5.32 Å². The van der Waals surface area contributed by atoms with E-state index in [9.17, 15) is 19.8 Å². The molecular formula is C80H159NO5. The Morgan fingerprint density at radius 2 is 0.477 bits per heavy atom. The van der Waals surface area contributed by atoms with Gasteiger partial charge in [0.05, 0.1) is 25.4 Å². The molecule has 6 nitrogen and oxygen atoms in total. The molecule has 2 atom stereocenters. The third kappa shape index (κ3) is 71.9. The number of aliphatic hydroxyl groups excluding tert-OH is 2. The first-order valence-corrected chi connectivity index (χ1v) is 40.3. The van der Waals surface area contributed by atoms with E-state index in [4.69, 9.17) is 4.74 Å². The predicted octanol–water partition coefficient (Wildman–Crippen LogP) is 26.5. The van der Waals surface area contributed by atoms with Crippen molar-refractivity contribution in [2.75, 3.05) is 13.2 Å². The van der Waals surface area contributed by atoms with Gasteiger partial charge in [0.2, 0.25) is 5.91 Å². The summed E-state index contributed by atoms with van der Waals surface area (Å²) in [5.74, 6) is 0.00142. The minimum atomic E-state index is -0.662. The molecule has 0 aliphatic heterocycles. The van der Waals surface area contributed by atoms with Crippen LogP contribution in [-0.2, 0) is 14.3 Å². The van der Waals surface area contributed by atoms with E-state index in [1.54, 1.807) is 0 Å². The van der Waals surface area contributed by atoms with E-state index in [0.717, 1.165) is 38.5 Å². The smallest absolute Gasteiger partial charge is 0.305 e. The Morgan fingerprint density at radius 3 is 0.709 bits per heavy atom. The molecule has 1 amide bonds. The van der Waals surface area contributed by atoms with Crippen molar-refractivity contribution in [3.63, 3.8) is 0 Å². The van der Waals surface area contributed by atoms with Crippen molar-refractivity contribution in [1.29, 1.82) is 0 Å². The Bertz CT molecular complexity index is 1260. The molecule has 0 aromatic rings. The van der Waals surface area contributed by atoms with Gasteiger partial charge in [-0.1, -0.05) is 438 Å². The zero-order valence-electron chi connectivity index (χ0n) is 59.1. The van der Waals surface area contributed by atoms with Gasteiger partial charge < -0.3 is 20.3 Å². The Morgan fingerprint density at radius 1 is 0.279 bits per heavy atom. The number of unbranched alkanes of at least 4 members (excludes halogenated alkanes) is 66. The summed E-state index contributed by atoms with van der Waals surface area (Å²) in [7, 11) is 0. The van der Waals surface area contributed by atoms with Gasteiger partial charge in [-0.3, -0.25) is 9.59 Å². The molecule has 0 heterocycles. The van der Waals surface area contributed by atoms with E-state index in [1.807, 2.05) is 0 Å². The van der Waals surface area contributed by atoms with Crippen molar-refractivity contribution in [2.45, 2.75) is 488 Å². The first kappa shape index (κ1) is 84.9. The third-order valence-corrected chi connectivity index (χ3v) is 19.4. The molecule has 0 saturated carbocycles. The molecule has 0 fully saturated rings. The first-order chi connectivity index (χ1) is 42.5. The molecular weight excluding hydrogens is 1050 g/mol. The van der Waals surface area contributed by atoms with Crippen LogP contribution in [-0.4, -0.2) is 47.4 Å². The fraction of sp³-hybridized carbons (Fsp3) is 0.975. The van der Waals surface area contributed by atoms with Crippen molar-refractivity contribution in [2.24, 2.45) is 0 Å². The van der Waals surface area contributed by atoms with Crippen LogP contribution in [0.15, 0.2) is 0 Å². The molecule has 0 spiro atoms. The molecule has 0 radical (unpaired) electrons. The average Bonchev–Trinajstić information content (AvgIpc) is 3.59. The van der Waals surface area contributed by atoms with E-state index in [0.29, 0.717) is 25.9 Å². The summed E-state index contributed by atoms with van der Waals surface area (Å²) in [5, 5.41) is 23.5. The maximum atomic E-state index is 12.6. The monoisotopic (exact) mass is 1210 g/mol. The molecule has 0 aliphatic carbocycles. The maximum Gasteiger partial charge on any atom is 0.305 e. The Hall–Kier alpha value is -1.14. The average molecular weight is 1220 g/mol. The highest BCUT2D eigenvalue weighted by atomic mass is 16.5. The second-order valence-electron chi connectivity index (χ2n) is 28.1. The van der Waals surface area contributed by atoms with Gasteiger partial charge in [0.25, 0.3) is 0 Å². The van der Waals surface area contributed by atoms with Gasteiger partial charge in [0.1, 0.15) is 0 Å². The zero-order valence-corrected chi connectivity index (χ0v) is 59.1. The Kier molecular flexibility index (Phi) is 75.3. The number of rotatable bonds is 77. The molecule has 6 heteroatoms. The second kappa shape index (κ2) is 76.3. The summed E-state index contributed by atoms with van der Waals surface area (Å²) in [5.41, 5.74) is 0. The largest absolute Gasteiger partial charge is 0.466 e. The van der Waals surface area contributed by atoms with E-state index in [1.165, 1.54) is 405 Å². The van der Waals surface area contributed by atoms with Crippen LogP contribution in [0.25, 0.3) is 0 Å². The molecule has 0 aromatic carbocycles. The Balaban J connectivity index is 3.31. The maximum absolute atomic E-state index is 12.6. The van der Waals surface area contributed by atoms with Crippen LogP contribution in [0.4, 0.5) is 0 Å². The summed E-state index contributed by atoms with van der Waals surface area (Å²) >= 11 is 0. The lowest BCUT2D eigenvalue weighted by molar-refractivity contribution is -0.143. The van der Waals surface area contributed by atoms with E-state index >= 15 is 0 Å². The van der Waals surface area contributed by atoms with Crippen LogP contribution in [0.1, 0.15) is 476 Å². The number of nitrogens with one attached hydrogen (secondary N) is 1. The van der Waals surface area contributed by atoms with Crippen molar-refractivity contribution in [3.8, 4) is 0 Å². The number of aliphatic hydroxyl groups is 2. The van der Waals surface area contributed by atoms with E-state index in [-0.39, 0.29) is 18.5 Å². The zero-order chi connectivity index (χ0) is 62.0. The summed E-state index contributed by atoms with van der Waals surface area (Å²) < 4.78 is 5.51. The summed E-state index contributed by atoms with van der Waals surface area (Å²) in [4.78, 5) is 24.7. The number of amides is 1. The number of ether oxygens (including phenoxy) is 1. The van der Waals surface area contributed by atoms with Gasteiger partial charge >= 0.3 is 5.97 Å². The lowest BCUT2D eigenvalue weighted by atomic mass is 10.0. The highest BCUT2D eigenvalue weighted by Crippen LogP contribution is 2.21. The van der Waals surface area contributed by atoms with Crippen molar-refractivity contribution in [1.82, 2.24) is 5.32 Å². The second-order valence-corrected chi connectivity index (χ2v) is 28.1. The predicted molar refractivity (Wildman–Crippen MR) is 380 cm³/mol. The molecule has 0 rings (SSSR count). The lowest BCUT2D eigenvalue weighted by Crippen LogP contribution is -2.45. The number of carbonyl (C=O) groups is 2. The van der Waals surface area contributed by atoms with Gasteiger partial charge in [-0.25, -0.2) is 0 Å². The minimum Gasteiger partial charge on any atom is -0.466 e. The van der Waals surface area contributed by atoms with Crippen LogP contribution >= 0.6 is 0 Å². The summed E-state index contributed by atoms with van der Waals surface area (Å²) in [6.07, 6.45) is 94.9. The molecule has 0 bridgehead atoms. The first-order valence-electron chi connectivity index (χ1n) is 40.3. The standard InChI is InChI=1S/C80H159NO5/c1-3-5-7-9-11-13-15-17-19-21-22-23-35-38-41-44-48-52-56-60-64-68-72-78(83)77(76-82)81-79(84)73-69-65-61-57-53-49-45-42-39-36-33-31-29-27-25-24-26-28-30-32-34-37-40-43-47-51-55-59-63-67-71-75-86-80(85)74-70-66-62-58-54-50-46-20-18-16-14-12-10-8-6-4-2/h77-78,82-83H,3-76H2,1-2H3,(H,81,84). The minimum absolute atomic E-state index is 0.0244. The summed E-state index contributed by atoms with van der Waals surface area (Å²) in [6, 6.07) is -0.538. The molecule has 0 aromatic heterocycles. The lowest BCUT2D eigenvalue weighted by Gasteiger charge is -2.22. The van der Waals surface area contributed by atoms with E-state index < -0.39 is 12.1 Å². The van der Waals surface area contributed by atoms with Gasteiger partial charge in [-0.05, 0) is 25.7 Å². The highest BCUT2D eigenvalue weighted by Gasteiger charge is 2.20. The van der Waals surface area contributed by atoms with Crippen LogP contribution in [0.3, 0.4) is 0 Å². The quantitative estimate of drug-likeness (QED) is 0.0417. The molecule has 514 valence electrons. The SMILES string of the molecule is CCCCCCCCCCCCCCCCCCCCCCCCC(O)C(CO)NC(=O)CCCCCCCCCCCCCCCCCCCCCCCCCCCCCCCCCOC(=O)CCCCCCCCCCCCCCCCCC. The number of hydrogen-bond acceptors (Lipinski definition) is 5. The third-order valence-electron chi connectivity index (χ3n) is 19.4. The highest BCUT2D eigenvalue weighted by molar-refractivity contribution is 5.76. The van der Waals surface area contributed by atoms with Crippen molar-refractivity contribution in [3.05, 3.63) is 0 Å². The van der Waals surface area contributed by atoms with Crippen molar-refractivity contribution >= 4 is 11.9 Å². The van der Waals surface area contributed by atoms with Gasteiger partial charge in [0.15, 0.2) is 0 Å². The fourth-order valence-corrected chi connectivity index (χ4v) is 13.3. The molecule has 3 N–H and O–H groups in total. The Labute approximate surface area is 540 Å². The summed E-state index contributed by atoms with van der Waals surface area (Å²) in [6.45, 7) is 5.02. The van der Waals surface area contributed by atoms with E-state index in [2.05, 4.69) is 19.2 Å². The molecule has 2 unspecified atom stereocenters. The molecule has 86 heavy (non-hydrogen) atoms. The molecule has 0 aliphatic rings. The van der Waals surface area contributed by atoms with Gasteiger partial charge in [-0.2, -0.15) is 0 Å².